The summed E-state index contributed by atoms with van der Waals surface area (Å²) in [7, 11) is 0. The smallest absolute Gasteiger partial charge is 0.255 e. The number of pyridine rings is 1. The van der Waals surface area contributed by atoms with Gasteiger partial charge < -0.3 is 10.3 Å². The van der Waals surface area contributed by atoms with Crippen LogP contribution in [-0.4, -0.2) is 29.0 Å². The summed E-state index contributed by atoms with van der Waals surface area (Å²) in [6.07, 6.45) is 2.84. The Morgan fingerprint density at radius 3 is 2.88 bits per heavy atom. The molecule has 0 aliphatic carbocycles. The molecule has 0 unspecified atom stereocenters. The first-order valence-electron chi connectivity index (χ1n) is 8.42. The zero-order chi connectivity index (χ0) is 16.4. The Bertz CT molecular complexity index is 888. The monoisotopic (exact) mass is 319 g/mol. The lowest BCUT2D eigenvalue weighted by Crippen LogP contribution is -2.25. The predicted molar refractivity (Wildman–Crippen MR) is 98.3 cm³/mol. The van der Waals surface area contributed by atoms with E-state index in [2.05, 4.69) is 51.6 Å². The fourth-order valence-electron chi connectivity index (χ4n) is 3.45. The number of likely N-dealkylation sites (tertiary alicyclic amines) is 1. The van der Waals surface area contributed by atoms with Gasteiger partial charge >= 0.3 is 0 Å². The number of hydrogen-bond donors (Lipinski definition) is 2. The van der Waals surface area contributed by atoms with Crippen LogP contribution in [0.5, 0.6) is 0 Å². The summed E-state index contributed by atoms with van der Waals surface area (Å²) in [6.45, 7) is 3.16. The summed E-state index contributed by atoms with van der Waals surface area (Å²) in [5.41, 5.74) is 2.41. The zero-order valence-electron chi connectivity index (χ0n) is 13.5. The summed E-state index contributed by atoms with van der Waals surface area (Å²) in [5, 5.41) is 5.33. The van der Waals surface area contributed by atoms with Crippen molar-refractivity contribution >= 4 is 16.5 Å². The molecule has 2 aromatic carbocycles. The van der Waals surface area contributed by atoms with Crippen molar-refractivity contribution in [3.8, 4) is 0 Å². The van der Waals surface area contributed by atoms with Gasteiger partial charge in [0, 0.05) is 42.9 Å². The summed E-state index contributed by atoms with van der Waals surface area (Å²) >= 11 is 0. The largest absolute Gasteiger partial charge is 0.381 e. The van der Waals surface area contributed by atoms with Crippen LogP contribution in [0.2, 0.25) is 0 Å². The third kappa shape index (κ3) is 3.19. The first-order valence-corrected chi connectivity index (χ1v) is 8.42. The number of fused-ring (bicyclic) bond motifs is 1. The molecule has 2 N–H and O–H groups in total. The maximum absolute atomic E-state index is 11.8. The second-order valence-corrected chi connectivity index (χ2v) is 6.46. The van der Waals surface area contributed by atoms with E-state index >= 15 is 0 Å². The van der Waals surface area contributed by atoms with Crippen LogP contribution in [0.15, 0.2) is 65.6 Å². The van der Waals surface area contributed by atoms with Crippen molar-refractivity contribution in [2.24, 2.45) is 0 Å². The molecule has 0 spiro atoms. The van der Waals surface area contributed by atoms with Crippen LogP contribution in [0.3, 0.4) is 0 Å². The maximum atomic E-state index is 11.8. The molecule has 2 heterocycles. The molecule has 0 amide bonds. The van der Waals surface area contributed by atoms with Crippen molar-refractivity contribution in [1.82, 2.24) is 9.88 Å². The molecule has 1 fully saturated rings. The molecule has 4 heteroatoms. The Labute approximate surface area is 141 Å². The van der Waals surface area contributed by atoms with Crippen molar-refractivity contribution in [3.63, 3.8) is 0 Å². The van der Waals surface area contributed by atoms with E-state index in [0.29, 0.717) is 6.04 Å². The third-order valence-corrected chi connectivity index (χ3v) is 4.67. The van der Waals surface area contributed by atoms with E-state index in [-0.39, 0.29) is 5.56 Å². The molecule has 1 saturated heterocycles. The molecule has 24 heavy (non-hydrogen) atoms. The van der Waals surface area contributed by atoms with Gasteiger partial charge in [-0.3, -0.25) is 9.69 Å². The predicted octanol–water partition coefficient (Wildman–Crippen LogP) is 3.21. The number of nitrogens with one attached hydrogen (secondary N) is 2. The highest BCUT2D eigenvalue weighted by Gasteiger charge is 2.22. The topological polar surface area (TPSA) is 48.1 Å². The molecule has 1 atom stereocenters. The molecule has 0 saturated carbocycles. The number of anilines is 1. The minimum absolute atomic E-state index is 0.0334. The average molecular weight is 319 g/mol. The number of H-pyrrole nitrogens is 1. The van der Waals surface area contributed by atoms with Crippen LogP contribution in [-0.2, 0) is 6.54 Å². The van der Waals surface area contributed by atoms with Gasteiger partial charge in [0.15, 0.2) is 0 Å². The maximum Gasteiger partial charge on any atom is 0.255 e. The average Bonchev–Trinajstić information content (AvgIpc) is 3.03. The van der Waals surface area contributed by atoms with Crippen LogP contribution < -0.4 is 10.9 Å². The van der Waals surface area contributed by atoms with Gasteiger partial charge in [-0.1, -0.05) is 30.3 Å². The number of rotatable bonds is 4. The normalized spacial score (nSPS) is 18.1. The molecular weight excluding hydrogens is 298 g/mol. The zero-order valence-corrected chi connectivity index (χ0v) is 13.5. The minimum Gasteiger partial charge on any atom is -0.381 e. The molecule has 1 aliphatic rings. The van der Waals surface area contributed by atoms with Crippen LogP contribution in [0, 0.1) is 0 Å². The number of aromatic nitrogens is 1. The lowest BCUT2D eigenvalue weighted by molar-refractivity contribution is 0.328. The van der Waals surface area contributed by atoms with Crippen molar-refractivity contribution < 1.29 is 0 Å². The van der Waals surface area contributed by atoms with Crippen molar-refractivity contribution in [3.05, 3.63) is 76.7 Å². The van der Waals surface area contributed by atoms with E-state index in [9.17, 15) is 4.79 Å². The highest BCUT2D eigenvalue weighted by atomic mass is 16.1. The summed E-state index contributed by atoms with van der Waals surface area (Å²) in [5.74, 6) is 0. The van der Waals surface area contributed by atoms with E-state index in [4.69, 9.17) is 0 Å². The van der Waals surface area contributed by atoms with E-state index in [1.807, 2.05) is 18.2 Å². The van der Waals surface area contributed by atoms with Crippen LogP contribution in [0.25, 0.3) is 10.8 Å². The van der Waals surface area contributed by atoms with Gasteiger partial charge in [-0.15, -0.1) is 0 Å². The lowest BCUT2D eigenvalue weighted by atomic mass is 10.1. The quantitative estimate of drug-likeness (QED) is 0.776. The molecule has 4 rings (SSSR count). The van der Waals surface area contributed by atoms with Gasteiger partial charge in [0.2, 0.25) is 0 Å². The lowest BCUT2D eigenvalue weighted by Gasteiger charge is -2.17. The standard InChI is InChI=1S/C20H21N3O/c24-20-19-7-6-17(12-16(19)8-10-21-20)22-18-9-11-23(14-18)13-15-4-2-1-3-5-15/h1-8,10,12,18,22H,9,11,13-14H2,(H,21,24)/t18-/m0/s1. The van der Waals surface area contributed by atoms with Crippen molar-refractivity contribution in [2.45, 2.75) is 19.0 Å². The van der Waals surface area contributed by atoms with Gasteiger partial charge in [0.25, 0.3) is 5.56 Å². The Morgan fingerprint density at radius 1 is 1.12 bits per heavy atom. The molecular formula is C20H21N3O. The molecule has 4 nitrogen and oxygen atoms in total. The molecule has 3 aromatic rings. The van der Waals surface area contributed by atoms with Crippen LogP contribution >= 0.6 is 0 Å². The van der Waals surface area contributed by atoms with Crippen LogP contribution in [0.1, 0.15) is 12.0 Å². The Hall–Kier alpha value is -2.59. The van der Waals surface area contributed by atoms with E-state index < -0.39 is 0 Å². The second kappa shape index (κ2) is 6.49. The first-order chi connectivity index (χ1) is 11.8. The third-order valence-electron chi connectivity index (χ3n) is 4.67. The molecule has 1 aliphatic heterocycles. The second-order valence-electron chi connectivity index (χ2n) is 6.46. The van der Waals surface area contributed by atoms with Crippen molar-refractivity contribution in [2.75, 3.05) is 18.4 Å². The number of hydrogen-bond acceptors (Lipinski definition) is 3. The van der Waals surface area contributed by atoms with Crippen LogP contribution in [0.4, 0.5) is 5.69 Å². The summed E-state index contributed by atoms with van der Waals surface area (Å²) in [6, 6.07) is 19.0. The fourth-order valence-corrected chi connectivity index (χ4v) is 3.45. The first kappa shape index (κ1) is 15.0. The highest BCUT2D eigenvalue weighted by molar-refractivity contribution is 5.84. The van der Waals surface area contributed by atoms with E-state index in [1.165, 1.54) is 5.56 Å². The Kier molecular flexibility index (Phi) is 4.05. The minimum atomic E-state index is -0.0334. The number of nitrogens with zero attached hydrogens (tertiary/aromatic N) is 1. The molecule has 0 radical (unpaired) electrons. The van der Waals surface area contributed by atoms with Crippen molar-refractivity contribution in [1.29, 1.82) is 0 Å². The Balaban J connectivity index is 1.42. The van der Waals surface area contributed by atoms with Gasteiger partial charge in [-0.25, -0.2) is 0 Å². The van der Waals surface area contributed by atoms with Gasteiger partial charge in [-0.2, -0.15) is 0 Å². The molecule has 1 aromatic heterocycles. The number of aromatic amines is 1. The highest BCUT2D eigenvalue weighted by Crippen LogP contribution is 2.20. The van der Waals surface area contributed by atoms with Gasteiger partial charge in [-0.05, 0) is 41.6 Å². The molecule has 0 bridgehead atoms. The Morgan fingerprint density at radius 2 is 2.00 bits per heavy atom. The number of benzene rings is 2. The van der Waals surface area contributed by atoms with Gasteiger partial charge in [0.05, 0.1) is 0 Å². The van der Waals surface area contributed by atoms with Gasteiger partial charge in [0.1, 0.15) is 0 Å². The van der Waals surface area contributed by atoms with E-state index in [0.717, 1.165) is 42.5 Å². The molecule has 122 valence electrons. The van der Waals surface area contributed by atoms with E-state index in [1.54, 1.807) is 6.20 Å². The summed E-state index contributed by atoms with van der Waals surface area (Å²) < 4.78 is 0. The fraction of sp³-hybridized carbons (Fsp3) is 0.250. The summed E-state index contributed by atoms with van der Waals surface area (Å²) in [4.78, 5) is 17.0. The SMILES string of the molecule is O=c1[nH]ccc2cc(N[C@H]3CCN(Cc4ccccc4)C3)ccc12.